The summed E-state index contributed by atoms with van der Waals surface area (Å²) in [5, 5.41) is 3.21. The van der Waals surface area contributed by atoms with E-state index >= 15 is 0 Å². The lowest BCUT2D eigenvalue weighted by atomic mass is 10.0. The van der Waals surface area contributed by atoms with Crippen LogP contribution in [0.1, 0.15) is 19.5 Å². The lowest BCUT2D eigenvalue weighted by molar-refractivity contribution is 0.135. The number of allylic oxidation sites excluding steroid dienone is 5. The van der Waals surface area contributed by atoms with Crippen molar-refractivity contribution in [1.29, 1.82) is 0 Å². The Balaban J connectivity index is 2.96. The summed E-state index contributed by atoms with van der Waals surface area (Å²) in [6.07, 6.45) is 4.95. The van der Waals surface area contributed by atoms with Crippen molar-refractivity contribution in [3.63, 3.8) is 0 Å². The van der Waals surface area contributed by atoms with Gasteiger partial charge in [0.25, 0.3) is 0 Å². The number of aromatic nitrogens is 1. The summed E-state index contributed by atoms with van der Waals surface area (Å²) >= 11 is 0. The van der Waals surface area contributed by atoms with Crippen LogP contribution >= 0.6 is 0 Å². The van der Waals surface area contributed by atoms with Crippen molar-refractivity contribution in [2.24, 2.45) is 0 Å². The largest absolute Gasteiger partial charge is 0.397 e. The quantitative estimate of drug-likeness (QED) is 0.292. The maximum atomic E-state index is 14.4. The zero-order valence-electron chi connectivity index (χ0n) is 15.9. The molecule has 0 aliphatic rings. The molecule has 0 unspecified atom stereocenters. The monoisotopic (exact) mass is 363 g/mol. The van der Waals surface area contributed by atoms with Crippen LogP contribution in [0.15, 0.2) is 42.3 Å². The molecule has 3 N–H and O–H groups in total. The number of halogens is 1. The highest BCUT2D eigenvalue weighted by Crippen LogP contribution is 2.27. The molecule has 1 aromatic heterocycles. The van der Waals surface area contributed by atoms with E-state index in [0.29, 0.717) is 18.0 Å². The molecule has 6 heteroatoms. The minimum atomic E-state index is -1.11. The summed E-state index contributed by atoms with van der Waals surface area (Å²) in [4.78, 5) is 4.17. The molecule has 1 rings (SSSR count). The molecule has 0 radical (unpaired) electrons. The normalized spacial score (nSPS) is 13.4. The zero-order valence-corrected chi connectivity index (χ0v) is 16.9. The van der Waals surface area contributed by atoms with Crippen LogP contribution in [0.4, 0.5) is 10.1 Å². The van der Waals surface area contributed by atoms with Gasteiger partial charge < -0.3 is 15.8 Å². The second-order valence-corrected chi connectivity index (χ2v) is 12.8. The van der Waals surface area contributed by atoms with E-state index in [1.807, 2.05) is 19.9 Å². The van der Waals surface area contributed by atoms with Crippen molar-refractivity contribution in [2.75, 3.05) is 19.1 Å². The molecule has 0 atom stereocenters. The van der Waals surface area contributed by atoms with Gasteiger partial charge in [0, 0.05) is 32.0 Å². The second-order valence-electron chi connectivity index (χ2n) is 7.22. The number of nitrogens with one attached hydrogen (secondary N) is 1. The van der Waals surface area contributed by atoms with E-state index in [1.54, 1.807) is 6.08 Å². The van der Waals surface area contributed by atoms with Gasteiger partial charge in [0.2, 0.25) is 0 Å². The predicted octanol–water partition coefficient (Wildman–Crippen LogP) is 4.57. The van der Waals surface area contributed by atoms with Crippen molar-refractivity contribution in [1.82, 2.24) is 10.3 Å². The van der Waals surface area contributed by atoms with E-state index in [-0.39, 0.29) is 5.69 Å². The Morgan fingerprint density at radius 1 is 1.40 bits per heavy atom. The third kappa shape index (κ3) is 7.23. The molecule has 0 aromatic carbocycles. The Hall–Kier alpha value is -1.92. The molecule has 138 valence electrons. The van der Waals surface area contributed by atoms with E-state index < -0.39 is 13.9 Å². The minimum absolute atomic E-state index is 0.261. The van der Waals surface area contributed by atoms with E-state index in [0.717, 1.165) is 23.9 Å². The van der Waals surface area contributed by atoms with Crippen LogP contribution in [0.2, 0.25) is 25.7 Å². The summed E-state index contributed by atoms with van der Waals surface area (Å²) in [6, 6.07) is 2.38. The lowest BCUT2D eigenvalue weighted by Gasteiger charge is -2.18. The molecule has 1 aromatic rings. The van der Waals surface area contributed by atoms with Crippen LogP contribution in [0.3, 0.4) is 0 Å². The number of nitrogens with zero attached hydrogens (tertiary/aromatic N) is 1. The summed E-state index contributed by atoms with van der Waals surface area (Å²) in [5.41, 5.74) is 8.50. The van der Waals surface area contributed by atoms with Crippen LogP contribution in [0.5, 0.6) is 0 Å². The van der Waals surface area contributed by atoms with Crippen molar-refractivity contribution >= 4 is 19.3 Å². The molecule has 0 fully saturated rings. The van der Waals surface area contributed by atoms with Gasteiger partial charge in [-0.1, -0.05) is 38.4 Å². The molecular formula is C19H30FN3OSi. The highest BCUT2D eigenvalue weighted by molar-refractivity contribution is 6.76. The van der Waals surface area contributed by atoms with E-state index in [1.165, 1.54) is 12.3 Å². The number of nitrogen functional groups attached to an aromatic ring is 1. The Morgan fingerprint density at radius 2 is 2.08 bits per heavy atom. The number of rotatable bonds is 9. The number of pyridine rings is 1. The first-order chi connectivity index (χ1) is 11.7. The SMILES string of the molecule is C=C/C=C(C)\C(=C(\C)NCOCC[Si](C)(C)C)c1ncc(N)cc1F. The molecule has 0 spiro atoms. The number of anilines is 1. The maximum absolute atomic E-state index is 14.4. The fraction of sp³-hybridized carbons (Fsp3) is 0.421. The van der Waals surface area contributed by atoms with E-state index in [9.17, 15) is 4.39 Å². The molecule has 0 aliphatic heterocycles. The van der Waals surface area contributed by atoms with Gasteiger partial charge >= 0.3 is 0 Å². The number of ether oxygens (including phenoxy) is 1. The molecule has 4 nitrogen and oxygen atoms in total. The summed E-state index contributed by atoms with van der Waals surface area (Å²) in [6.45, 7) is 15.5. The Bertz CT molecular complexity index is 663. The molecule has 1 heterocycles. The number of nitrogens with two attached hydrogens (primary N) is 1. The van der Waals surface area contributed by atoms with Gasteiger partial charge in [-0.05, 0) is 25.5 Å². The van der Waals surface area contributed by atoms with Gasteiger partial charge in [-0.15, -0.1) is 0 Å². The molecular weight excluding hydrogens is 333 g/mol. The van der Waals surface area contributed by atoms with Gasteiger partial charge in [0.1, 0.15) is 12.4 Å². The van der Waals surface area contributed by atoms with Crippen LogP contribution in [-0.2, 0) is 4.74 Å². The van der Waals surface area contributed by atoms with Gasteiger partial charge in [0.05, 0.1) is 11.9 Å². The first-order valence-corrected chi connectivity index (χ1v) is 12.1. The number of hydrogen-bond donors (Lipinski definition) is 2. The first kappa shape index (κ1) is 21.1. The minimum Gasteiger partial charge on any atom is -0.397 e. The fourth-order valence-corrected chi connectivity index (χ4v) is 3.01. The fourth-order valence-electron chi connectivity index (χ4n) is 2.26. The van der Waals surface area contributed by atoms with Gasteiger partial charge in [-0.25, -0.2) is 4.39 Å². The molecule has 0 bridgehead atoms. The van der Waals surface area contributed by atoms with Crippen LogP contribution in [-0.4, -0.2) is 26.4 Å². The molecule has 0 aliphatic carbocycles. The van der Waals surface area contributed by atoms with Crippen LogP contribution in [0.25, 0.3) is 5.57 Å². The van der Waals surface area contributed by atoms with Gasteiger partial charge in [-0.2, -0.15) is 0 Å². The highest BCUT2D eigenvalue weighted by atomic mass is 28.3. The van der Waals surface area contributed by atoms with Gasteiger partial charge in [0.15, 0.2) is 5.82 Å². The Labute approximate surface area is 151 Å². The number of hydrogen-bond acceptors (Lipinski definition) is 4. The molecule has 0 amide bonds. The second kappa shape index (κ2) is 9.53. The lowest BCUT2D eigenvalue weighted by Crippen LogP contribution is -2.24. The highest BCUT2D eigenvalue weighted by Gasteiger charge is 2.15. The van der Waals surface area contributed by atoms with Crippen molar-refractivity contribution in [3.8, 4) is 0 Å². The molecule has 0 saturated carbocycles. The van der Waals surface area contributed by atoms with E-state index in [4.69, 9.17) is 10.5 Å². The van der Waals surface area contributed by atoms with Gasteiger partial charge in [-0.3, -0.25) is 4.98 Å². The Morgan fingerprint density at radius 3 is 2.64 bits per heavy atom. The van der Waals surface area contributed by atoms with E-state index in [2.05, 4.69) is 36.5 Å². The first-order valence-electron chi connectivity index (χ1n) is 8.39. The van der Waals surface area contributed by atoms with Crippen LogP contribution in [0, 0.1) is 5.82 Å². The maximum Gasteiger partial charge on any atom is 0.151 e. The van der Waals surface area contributed by atoms with Crippen molar-refractivity contribution in [3.05, 3.63) is 53.8 Å². The summed E-state index contributed by atoms with van der Waals surface area (Å²) < 4.78 is 20.0. The predicted molar refractivity (Wildman–Crippen MR) is 107 cm³/mol. The van der Waals surface area contributed by atoms with Crippen molar-refractivity contribution in [2.45, 2.75) is 39.5 Å². The molecule has 0 saturated heterocycles. The average molecular weight is 364 g/mol. The third-order valence-corrected chi connectivity index (χ3v) is 5.38. The Kier molecular flexibility index (Phi) is 8.05. The topological polar surface area (TPSA) is 60.2 Å². The summed E-state index contributed by atoms with van der Waals surface area (Å²) in [5.74, 6) is -0.451. The smallest absolute Gasteiger partial charge is 0.151 e. The summed E-state index contributed by atoms with van der Waals surface area (Å²) in [7, 11) is -1.11. The van der Waals surface area contributed by atoms with Crippen LogP contribution < -0.4 is 11.1 Å². The standard InChI is InChI=1S/C19H30FN3OSi/c1-7-8-14(2)18(19-17(20)11-16(21)12-22-19)15(3)23-13-24-9-10-25(4,5)6/h7-8,11-12,23H,1,9-10,13,21H2,2-6H3/b14-8-,18-15+. The third-order valence-electron chi connectivity index (χ3n) is 3.67. The van der Waals surface area contributed by atoms with Crippen molar-refractivity contribution < 1.29 is 9.13 Å². The zero-order chi connectivity index (χ0) is 19.0. The molecule has 25 heavy (non-hydrogen) atoms. The average Bonchev–Trinajstić information content (AvgIpc) is 2.48.